The van der Waals surface area contributed by atoms with Gasteiger partial charge in [-0.25, -0.2) is 4.98 Å². The van der Waals surface area contributed by atoms with Crippen molar-refractivity contribution in [1.29, 1.82) is 0 Å². The summed E-state index contributed by atoms with van der Waals surface area (Å²) >= 11 is 1.43. The molecule has 25 heavy (non-hydrogen) atoms. The van der Waals surface area contributed by atoms with Crippen LogP contribution in [0, 0.1) is 0 Å². The van der Waals surface area contributed by atoms with Crippen LogP contribution < -0.4 is 5.56 Å². The van der Waals surface area contributed by atoms with E-state index in [2.05, 4.69) is 25.1 Å². The number of hydrogen-bond acceptors (Lipinski definition) is 6. The summed E-state index contributed by atoms with van der Waals surface area (Å²) < 4.78 is 6.88. The van der Waals surface area contributed by atoms with E-state index in [1.807, 2.05) is 17.6 Å². The molecule has 8 heteroatoms. The van der Waals surface area contributed by atoms with Crippen molar-refractivity contribution in [3.63, 3.8) is 0 Å². The lowest BCUT2D eigenvalue weighted by Crippen LogP contribution is -2.46. The van der Waals surface area contributed by atoms with E-state index >= 15 is 0 Å². The van der Waals surface area contributed by atoms with Crippen molar-refractivity contribution in [1.82, 2.24) is 25.1 Å². The molecule has 0 radical (unpaired) electrons. The molecular weight excluding hydrogens is 338 g/mol. The largest absolute Gasteiger partial charge is 0.368 e. The van der Waals surface area contributed by atoms with Gasteiger partial charge in [0.25, 0.3) is 5.56 Å². The molecule has 1 spiro atoms. The molecule has 3 aromatic heterocycles. The van der Waals surface area contributed by atoms with Gasteiger partial charge < -0.3 is 9.72 Å². The van der Waals surface area contributed by atoms with Crippen molar-refractivity contribution >= 4 is 21.6 Å². The van der Waals surface area contributed by atoms with Crippen molar-refractivity contribution in [2.45, 2.75) is 31.4 Å². The van der Waals surface area contributed by atoms with Crippen LogP contribution in [0.1, 0.15) is 29.9 Å². The first-order valence-corrected chi connectivity index (χ1v) is 9.47. The van der Waals surface area contributed by atoms with Crippen molar-refractivity contribution < 1.29 is 4.74 Å². The Labute approximate surface area is 148 Å². The van der Waals surface area contributed by atoms with E-state index in [-0.39, 0.29) is 11.2 Å². The van der Waals surface area contributed by atoms with Crippen LogP contribution in [0.2, 0.25) is 0 Å². The van der Waals surface area contributed by atoms with Gasteiger partial charge in [-0.1, -0.05) is 0 Å². The average Bonchev–Trinajstić information content (AvgIpc) is 3.27. The van der Waals surface area contributed by atoms with E-state index in [4.69, 9.17) is 4.74 Å². The van der Waals surface area contributed by atoms with E-state index in [1.54, 1.807) is 0 Å². The van der Waals surface area contributed by atoms with Crippen LogP contribution >= 0.6 is 11.3 Å². The monoisotopic (exact) mass is 357 g/mol. The zero-order chi connectivity index (χ0) is 16.9. The minimum absolute atomic E-state index is 0.0406. The van der Waals surface area contributed by atoms with Crippen molar-refractivity contribution in [2.75, 3.05) is 19.7 Å². The second-order valence-electron chi connectivity index (χ2n) is 6.79. The quantitative estimate of drug-likeness (QED) is 0.730. The molecule has 0 aliphatic carbocycles. The number of hydrogen-bond donors (Lipinski definition) is 2. The van der Waals surface area contributed by atoms with Crippen LogP contribution in [-0.4, -0.2) is 44.8 Å². The molecule has 2 aliphatic heterocycles. The van der Waals surface area contributed by atoms with E-state index in [0.717, 1.165) is 56.0 Å². The standard InChI is InChI=1S/C17H19N5O2S/c23-16-14-12(2-8-25-14)19-13(20-16)10-22-5-3-17(4-6-22)15-11(1-7-24-17)9-18-21-15/h2,8-9H,1,3-7,10H2,(H,18,21)(H,19,20,23). The minimum atomic E-state index is -0.223. The Bertz CT molecular complexity index is 967. The maximum Gasteiger partial charge on any atom is 0.268 e. The van der Waals surface area contributed by atoms with Gasteiger partial charge in [-0.3, -0.25) is 14.8 Å². The highest BCUT2D eigenvalue weighted by Gasteiger charge is 2.42. The molecule has 0 unspecified atom stereocenters. The lowest BCUT2D eigenvalue weighted by Gasteiger charge is -2.43. The fraction of sp³-hybridized carbons (Fsp3) is 0.471. The molecule has 1 saturated heterocycles. The highest BCUT2D eigenvalue weighted by molar-refractivity contribution is 7.17. The third-order valence-corrected chi connectivity index (χ3v) is 6.23. The SMILES string of the molecule is O=c1[nH]c(CN2CCC3(CC2)OCCc2cn[nH]c23)nc2ccsc12. The molecule has 1 fully saturated rings. The van der Waals surface area contributed by atoms with Crippen LogP contribution in [0.4, 0.5) is 0 Å². The third-order valence-electron chi connectivity index (χ3n) is 5.32. The number of piperidine rings is 1. The van der Waals surface area contributed by atoms with Crippen LogP contribution in [0.15, 0.2) is 22.4 Å². The molecule has 7 nitrogen and oxygen atoms in total. The molecule has 0 atom stereocenters. The Balaban J connectivity index is 1.33. The molecular formula is C17H19N5O2S. The summed E-state index contributed by atoms with van der Waals surface area (Å²) in [6, 6.07) is 1.90. The zero-order valence-electron chi connectivity index (χ0n) is 13.7. The highest BCUT2D eigenvalue weighted by Crippen LogP contribution is 2.40. The number of nitrogens with zero attached hydrogens (tertiary/aromatic N) is 3. The first-order chi connectivity index (χ1) is 12.2. The first kappa shape index (κ1) is 15.2. The fourth-order valence-electron chi connectivity index (χ4n) is 4.00. The number of ether oxygens (including phenoxy) is 1. The predicted octanol–water partition coefficient (Wildman–Crippen LogP) is 1.77. The van der Waals surface area contributed by atoms with Gasteiger partial charge in [0.1, 0.15) is 16.1 Å². The minimum Gasteiger partial charge on any atom is -0.368 e. The van der Waals surface area contributed by atoms with Gasteiger partial charge in [-0.15, -0.1) is 11.3 Å². The van der Waals surface area contributed by atoms with Crippen LogP contribution in [0.5, 0.6) is 0 Å². The zero-order valence-corrected chi connectivity index (χ0v) is 14.6. The summed E-state index contributed by atoms with van der Waals surface area (Å²) in [5.74, 6) is 0.735. The lowest BCUT2D eigenvalue weighted by molar-refractivity contribution is -0.102. The van der Waals surface area contributed by atoms with E-state index < -0.39 is 0 Å². The number of aromatic nitrogens is 4. The molecule has 2 N–H and O–H groups in total. The molecule has 0 saturated carbocycles. The Morgan fingerprint density at radius 1 is 1.36 bits per heavy atom. The molecule has 130 valence electrons. The number of nitrogens with one attached hydrogen (secondary N) is 2. The van der Waals surface area contributed by atoms with Crippen molar-refractivity contribution in [3.05, 3.63) is 45.1 Å². The highest BCUT2D eigenvalue weighted by atomic mass is 32.1. The first-order valence-electron chi connectivity index (χ1n) is 8.59. The Kier molecular flexibility index (Phi) is 3.51. The summed E-state index contributed by atoms with van der Waals surface area (Å²) in [5, 5.41) is 9.27. The summed E-state index contributed by atoms with van der Waals surface area (Å²) in [6.45, 7) is 3.23. The maximum absolute atomic E-state index is 12.1. The van der Waals surface area contributed by atoms with Gasteiger partial charge in [-0.2, -0.15) is 5.10 Å². The normalized spacial score (nSPS) is 20.2. The van der Waals surface area contributed by atoms with Gasteiger partial charge in [-0.05, 0) is 36.3 Å². The van der Waals surface area contributed by atoms with E-state index in [0.29, 0.717) is 11.2 Å². The molecule has 3 aromatic rings. The predicted molar refractivity (Wildman–Crippen MR) is 94.7 cm³/mol. The topological polar surface area (TPSA) is 86.9 Å². The maximum atomic E-state index is 12.1. The number of fused-ring (bicyclic) bond motifs is 3. The van der Waals surface area contributed by atoms with Gasteiger partial charge in [0.05, 0.1) is 30.6 Å². The molecule has 2 aliphatic rings. The average molecular weight is 357 g/mol. The lowest BCUT2D eigenvalue weighted by atomic mass is 9.84. The third kappa shape index (κ3) is 2.52. The number of thiophene rings is 1. The van der Waals surface area contributed by atoms with Gasteiger partial charge >= 0.3 is 0 Å². The van der Waals surface area contributed by atoms with Gasteiger partial charge in [0.2, 0.25) is 0 Å². The summed E-state index contributed by atoms with van der Waals surface area (Å²) in [6.07, 6.45) is 4.71. The van der Waals surface area contributed by atoms with E-state index in [9.17, 15) is 4.79 Å². The number of rotatable bonds is 2. The molecule has 0 bridgehead atoms. The second-order valence-corrected chi connectivity index (χ2v) is 7.70. The van der Waals surface area contributed by atoms with Gasteiger partial charge in [0.15, 0.2) is 0 Å². The fourth-order valence-corrected chi connectivity index (χ4v) is 4.72. The second kappa shape index (κ2) is 5.76. The molecule has 0 amide bonds. The van der Waals surface area contributed by atoms with Crippen molar-refractivity contribution in [2.24, 2.45) is 0 Å². The van der Waals surface area contributed by atoms with E-state index in [1.165, 1.54) is 16.9 Å². The summed E-state index contributed by atoms with van der Waals surface area (Å²) in [5.41, 5.74) is 2.97. The van der Waals surface area contributed by atoms with Gasteiger partial charge in [0, 0.05) is 13.1 Å². The summed E-state index contributed by atoms with van der Waals surface area (Å²) in [7, 11) is 0. The van der Waals surface area contributed by atoms with Crippen molar-refractivity contribution in [3.8, 4) is 0 Å². The molecule has 0 aromatic carbocycles. The Morgan fingerprint density at radius 2 is 2.24 bits per heavy atom. The summed E-state index contributed by atoms with van der Waals surface area (Å²) in [4.78, 5) is 22.0. The number of likely N-dealkylation sites (tertiary alicyclic amines) is 1. The number of aromatic amines is 2. The Hall–Kier alpha value is -2.03. The van der Waals surface area contributed by atoms with Crippen LogP contribution in [-0.2, 0) is 23.3 Å². The Morgan fingerprint density at radius 3 is 3.12 bits per heavy atom. The van der Waals surface area contributed by atoms with Crippen LogP contribution in [0.3, 0.4) is 0 Å². The van der Waals surface area contributed by atoms with Crippen LogP contribution in [0.25, 0.3) is 10.2 Å². The molecule has 5 heterocycles. The smallest absolute Gasteiger partial charge is 0.268 e. The molecule has 5 rings (SSSR count). The number of H-pyrrole nitrogens is 2.